The third-order valence-electron chi connectivity index (χ3n) is 3.23. The van der Waals surface area contributed by atoms with Crippen LogP contribution in [0.4, 0.5) is 0 Å². The van der Waals surface area contributed by atoms with Crippen LogP contribution in [-0.4, -0.2) is 19.8 Å². The van der Waals surface area contributed by atoms with Crippen molar-refractivity contribution in [3.63, 3.8) is 0 Å². The van der Waals surface area contributed by atoms with E-state index in [1.807, 2.05) is 6.07 Å². The second-order valence-electron chi connectivity index (χ2n) is 3.96. The molecule has 0 aromatic heterocycles. The van der Waals surface area contributed by atoms with E-state index in [4.69, 9.17) is 10.5 Å². The first-order valence-electron chi connectivity index (χ1n) is 5.21. The Kier molecular flexibility index (Phi) is 2.85. The number of ether oxygens (including phenoxy) is 1. The van der Waals surface area contributed by atoms with Crippen LogP contribution < -0.4 is 5.73 Å². The molecule has 2 nitrogen and oxygen atoms in total. The molecular weight excluding hydrogens is 174 g/mol. The molecule has 2 heteroatoms. The van der Waals surface area contributed by atoms with Crippen LogP contribution in [0.2, 0.25) is 0 Å². The zero-order chi connectivity index (χ0) is 9.86. The van der Waals surface area contributed by atoms with E-state index < -0.39 is 0 Å². The van der Waals surface area contributed by atoms with Crippen molar-refractivity contribution >= 4 is 0 Å². The van der Waals surface area contributed by atoms with E-state index in [2.05, 4.69) is 24.3 Å². The van der Waals surface area contributed by atoms with Gasteiger partial charge in [0.15, 0.2) is 0 Å². The first-order chi connectivity index (χ1) is 6.87. The molecule has 0 spiro atoms. The highest BCUT2D eigenvalue weighted by Gasteiger charge is 2.32. The number of nitrogens with two attached hydrogens (primary N) is 1. The molecule has 1 aliphatic rings. The third kappa shape index (κ3) is 1.68. The summed E-state index contributed by atoms with van der Waals surface area (Å²) in [5.41, 5.74) is 7.45. The van der Waals surface area contributed by atoms with Crippen molar-refractivity contribution in [2.45, 2.75) is 18.3 Å². The summed E-state index contributed by atoms with van der Waals surface area (Å²) in [5, 5.41) is 0. The smallest absolute Gasteiger partial charge is 0.0475 e. The number of rotatable bonds is 2. The summed E-state index contributed by atoms with van der Waals surface area (Å²) in [6.45, 7) is 2.40. The van der Waals surface area contributed by atoms with Crippen molar-refractivity contribution in [2.24, 2.45) is 5.73 Å². The Bertz CT molecular complexity index is 278. The highest BCUT2D eigenvalue weighted by Crippen LogP contribution is 2.33. The van der Waals surface area contributed by atoms with E-state index in [-0.39, 0.29) is 5.41 Å². The molecule has 0 radical (unpaired) electrons. The fraction of sp³-hybridized carbons (Fsp3) is 0.500. The maximum absolute atomic E-state index is 5.91. The quantitative estimate of drug-likeness (QED) is 0.772. The molecule has 76 valence electrons. The lowest BCUT2D eigenvalue weighted by molar-refractivity contribution is 0.0529. The van der Waals surface area contributed by atoms with Crippen LogP contribution in [0.25, 0.3) is 0 Å². The summed E-state index contributed by atoms with van der Waals surface area (Å²) in [6, 6.07) is 10.6. The highest BCUT2D eigenvalue weighted by molar-refractivity contribution is 5.26. The largest absolute Gasteiger partial charge is 0.381 e. The van der Waals surface area contributed by atoms with Gasteiger partial charge in [0.05, 0.1) is 0 Å². The van der Waals surface area contributed by atoms with Crippen LogP contribution in [0.1, 0.15) is 18.4 Å². The van der Waals surface area contributed by atoms with Crippen molar-refractivity contribution in [3.8, 4) is 0 Å². The SMILES string of the molecule is NCC1(c2ccccc2)CCOCC1. The maximum Gasteiger partial charge on any atom is 0.0475 e. The van der Waals surface area contributed by atoms with Gasteiger partial charge in [-0.25, -0.2) is 0 Å². The summed E-state index contributed by atoms with van der Waals surface area (Å²) in [6.07, 6.45) is 2.10. The number of hydrogen-bond donors (Lipinski definition) is 1. The Morgan fingerprint density at radius 3 is 2.36 bits per heavy atom. The van der Waals surface area contributed by atoms with Gasteiger partial charge in [-0.3, -0.25) is 0 Å². The van der Waals surface area contributed by atoms with Gasteiger partial charge in [0.2, 0.25) is 0 Å². The van der Waals surface area contributed by atoms with Gasteiger partial charge in [0, 0.05) is 25.2 Å². The van der Waals surface area contributed by atoms with Crippen LogP contribution in [-0.2, 0) is 10.2 Å². The standard InChI is InChI=1S/C12H17NO/c13-10-12(6-8-14-9-7-12)11-4-2-1-3-5-11/h1-5H,6-10,13H2. The third-order valence-corrected chi connectivity index (χ3v) is 3.23. The summed E-state index contributed by atoms with van der Waals surface area (Å²) in [5.74, 6) is 0. The maximum atomic E-state index is 5.91. The molecule has 1 fully saturated rings. The first kappa shape index (κ1) is 9.69. The molecule has 2 rings (SSSR count). The Labute approximate surface area is 85.1 Å². The molecule has 14 heavy (non-hydrogen) atoms. The minimum absolute atomic E-state index is 0.166. The van der Waals surface area contributed by atoms with Gasteiger partial charge in [-0.05, 0) is 18.4 Å². The summed E-state index contributed by atoms with van der Waals surface area (Å²) in [7, 11) is 0. The number of hydrogen-bond acceptors (Lipinski definition) is 2. The summed E-state index contributed by atoms with van der Waals surface area (Å²) >= 11 is 0. The van der Waals surface area contributed by atoms with Crippen LogP contribution in [0, 0.1) is 0 Å². The molecule has 1 saturated heterocycles. The predicted octanol–water partition coefficient (Wildman–Crippen LogP) is 1.69. The van der Waals surface area contributed by atoms with Crippen molar-refractivity contribution < 1.29 is 4.74 Å². The average Bonchev–Trinajstić information content (AvgIpc) is 2.31. The van der Waals surface area contributed by atoms with Crippen LogP contribution in [0.5, 0.6) is 0 Å². The van der Waals surface area contributed by atoms with Crippen LogP contribution in [0.15, 0.2) is 30.3 Å². The minimum atomic E-state index is 0.166. The molecule has 0 atom stereocenters. The van der Waals surface area contributed by atoms with E-state index in [9.17, 15) is 0 Å². The molecule has 2 N–H and O–H groups in total. The van der Waals surface area contributed by atoms with Gasteiger partial charge in [0.1, 0.15) is 0 Å². The van der Waals surface area contributed by atoms with E-state index in [0.29, 0.717) is 0 Å². The fourth-order valence-electron chi connectivity index (χ4n) is 2.16. The second-order valence-corrected chi connectivity index (χ2v) is 3.96. The van der Waals surface area contributed by atoms with E-state index in [1.54, 1.807) is 0 Å². The molecule has 0 bridgehead atoms. The topological polar surface area (TPSA) is 35.2 Å². The van der Waals surface area contributed by atoms with Gasteiger partial charge >= 0.3 is 0 Å². The van der Waals surface area contributed by atoms with Crippen molar-refractivity contribution in [1.29, 1.82) is 0 Å². The summed E-state index contributed by atoms with van der Waals surface area (Å²) in [4.78, 5) is 0. The molecule has 1 aromatic carbocycles. The molecule has 1 heterocycles. The van der Waals surface area contributed by atoms with Crippen molar-refractivity contribution in [3.05, 3.63) is 35.9 Å². The lowest BCUT2D eigenvalue weighted by Gasteiger charge is -2.36. The lowest BCUT2D eigenvalue weighted by Crippen LogP contribution is -2.40. The van der Waals surface area contributed by atoms with Gasteiger partial charge in [-0.1, -0.05) is 30.3 Å². The van der Waals surface area contributed by atoms with Crippen molar-refractivity contribution in [2.75, 3.05) is 19.8 Å². The summed E-state index contributed by atoms with van der Waals surface area (Å²) < 4.78 is 5.39. The molecule has 0 aliphatic carbocycles. The first-order valence-corrected chi connectivity index (χ1v) is 5.21. The normalized spacial score (nSPS) is 20.6. The highest BCUT2D eigenvalue weighted by atomic mass is 16.5. The molecular formula is C12H17NO. The van der Waals surface area contributed by atoms with E-state index in [1.165, 1.54) is 5.56 Å². The average molecular weight is 191 g/mol. The molecule has 0 amide bonds. The lowest BCUT2D eigenvalue weighted by atomic mass is 9.74. The zero-order valence-electron chi connectivity index (χ0n) is 8.41. The van der Waals surface area contributed by atoms with Gasteiger partial charge in [-0.15, -0.1) is 0 Å². The minimum Gasteiger partial charge on any atom is -0.381 e. The van der Waals surface area contributed by atoms with Crippen LogP contribution >= 0.6 is 0 Å². The Morgan fingerprint density at radius 2 is 1.79 bits per heavy atom. The second kappa shape index (κ2) is 4.11. The zero-order valence-corrected chi connectivity index (χ0v) is 8.41. The Morgan fingerprint density at radius 1 is 1.14 bits per heavy atom. The molecule has 0 unspecified atom stereocenters. The Balaban J connectivity index is 2.27. The Hall–Kier alpha value is -0.860. The van der Waals surface area contributed by atoms with E-state index in [0.717, 1.165) is 32.6 Å². The van der Waals surface area contributed by atoms with Crippen LogP contribution in [0.3, 0.4) is 0 Å². The van der Waals surface area contributed by atoms with E-state index >= 15 is 0 Å². The van der Waals surface area contributed by atoms with Gasteiger partial charge in [0.25, 0.3) is 0 Å². The fourth-order valence-corrected chi connectivity index (χ4v) is 2.16. The monoisotopic (exact) mass is 191 g/mol. The molecule has 1 aromatic rings. The van der Waals surface area contributed by atoms with Gasteiger partial charge < -0.3 is 10.5 Å². The molecule has 1 aliphatic heterocycles. The van der Waals surface area contributed by atoms with Crippen molar-refractivity contribution in [1.82, 2.24) is 0 Å². The number of benzene rings is 1. The predicted molar refractivity (Wildman–Crippen MR) is 57.2 cm³/mol. The van der Waals surface area contributed by atoms with Gasteiger partial charge in [-0.2, -0.15) is 0 Å². The molecule has 0 saturated carbocycles.